The molecule has 6 heteroatoms. The molecule has 0 aliphatic rings. The zero-order chi connectivity index (χ0) is 32.4. The number of aromatic nitrogens is 3. The number of benzene rings is 2. The van der Waals surface area contributed by atoms with Gasteiger partial charge in [-0.3, -0.25) is 0 Å². The van der Waals surface area contributed by atoms with E-state index in [1.54, 1.807) is 0 Å². The maximum absolute atomic E-state index is 6.10. The molecule has 6 aromatic rings. The Bertz CT molecular complexity index is 1920. The standard InChI is InChI=1S/C22H21N2O.C18H24NSi.Ir/c1-14-11-24-19(9-15(14)10-22(2,3)4)18-13-23-12-17-16-7-5-6-8-20(16)25-21(17)18;1-14(2)11-16-12-17(15-9-7-6-8-10-15)19-13-18(16)20(3,4)5;/h5-9,11-12H,10H2,1-4H3;6-9,12-14H,11H2,1-5H3;/q2*-1;. The van der Waals surface area contributed by atoms with Gasteiger partial charge in [0.1, 0.15) is 5.58 Å². The van der Waals surface area contributed by atoms with Crippen LogP contribution in [-0.2, 0) is 32.9 Å². The van der Waals surface area contributed by atoms with Crippen LogP contribution in [0.2, 0.25) is 19.6 Å². The average molecular weight is 804 g/mol. The van der Waals surface area contributed by atoms with Crippen molar-refractivity contribution in [1.82, 2.24) is 15.0 Å². The summed E-state index contributed by atoms with van der Waals surface area (Å²) in [5.41, 5.74) is 9.69. The molecule has 6 rings (SSSR count). The monoisotopic (exact) mass is 804 g/mol. The minimum atomic E-state index is -1.34. The number of hydrogen-bond acceptors (Lipinski definition) is 4. The molecule has 4 nitrogen and oxygen atoms in total. The Hall–Kier alpha value is -3.44. The van der Waals surface area contributed by atoms with Crippen LogP contribution in [0.15, 0.2) is 83.7 Å². The maximum atomic E-state index is 6.10. The molecule has 0 bridgehead atoms. The fourth-order valence-electron chi connectivity index (χ4n) is 5.71. The van der Waals surface area contributed by atoms with Crippen molar-refractivity contribution < 1.29 is 24.5 Å². The van der Waals surface area contributed by atoms with Gasteiger partial charge in [0.15, 0.2) is 0 Å². The molecule has 0 atom stereocenters. The van der Waals surface area contributed by atoms with Crippen LogP contribution < -0.4 is 5.19 Å². The Kier molecular flexibility index (Phi) is 11.2. The topological polar surface area (TPSA) is 51.8 Å². The normalized spacial score (nSPS) is 11.8. The third kappa shape index (κ3) is 8.47. The molecule has 0 fully saturated rings. The number of hydrogen-bond donors (Lipinski definition) is 0. The van der Waals surface area contributed by atoms with Crippen LogP contribution in [0.25, 0.3) is 44.5 Å². The first kappa shape index (κ1) is 35.4. The number of furan rings is 1. The minimum absolute atomic E-state index is 0. The number of rotatable bonds is 6. The number of nitrogens with zero attached hydrogens (tertiary/aromatic N) is 3. The fraction of sp³-hybridized carbons (Fsp3) is 0.325. The smallest absolute Gasteiger partial charge is 0.121 e. The van der Waals surface area contributed by atoms with Crippen molar-refractivity contribution in [3.63, 3.8) is 0 Å². The summed E-state index contributed by atoms with van der Waals surface area (Å²) in [4.78, 5) is 13.6. The molecule has 0 saturated carbocycles. The Balaban J connectivity index is 0.000000210. The van der Waals surface area contributed by atoms with Crippen LogP contribution in [0.3, 0.4) is 0 Å². The van der Waals surface area contributed by atoms with Crippen molar-refractivity contribution in [3.8, 4) is 22.5 Å². The summed E-state index contributed by atoms with van der Waals surface area (Å²) in [6.45, 7) is 20.6. The number of fused-ring (bicyclic) bond motifs is 3. The SMILES string of the molecule is CC(C)Cc1cc(-c2[c-]cccc2)ncc1[Si](C)(C)C.Cc1cnc(-c2[c-]ncc3c2oc2ccccc23)cc1CC(C)(C)C.[Ir]. The molecule has 4 aromatic heterocycles. The van der Waals surface area contributed by atoms with Crippen LogP contribution in [-0.4, -0.2) is 23.0 Å². The molecule has 4 heterocycles. The van der Waals surface area contributed by atoms with Gasteiger partial charge in [-0.25, -0.2) is 0 Å². The summed E-state index contributed by atoms with van der Waals surface area (Å²) >= 11 is 0. The minimum Gasteiger partial charge on any atom is -0.500 e. The van der Waals surface area contributed by atoms with E-state index in [2.05, 4.69) is 119 Å². The molecule has 0 unspecified atom stereocenters. The van der Waals surface area contributed by atoms with Crippen molar-refractivity contribution in [3.05, 3.63) is 108 Å². The van der Waals surface area contributed by atoms with E-state index in [9.17, 15) is 0 Å². The van der Waals surface area contributed by atoms with Gasteiger partial charge in [0.25, 0.3) is 0 Å². The number of para-hydroxylation sites is 1. The van der Waals surface area contributed by atoms with E-state index in [0.29, 0.717) is 5.92 Å². The van der Waals surface area contributed by atoms with Crippen molar-refractivity contribution in [2.75, 3.05) is 0 Å². The summed E-state index contributed by atoms with van der Waals surface area (Å²) in [6.07, 6.45) is 11.1. The molecule has 0 spiro atoms. The van der Waals surface area contributed by atoms with E-state index in [0.717, 1.165) is 57.3 Å². The predicted octanol–water partition coefficient (Wildman–Crippen LogP) is 10.0. The van der Waals surface area contributed by atoms with Crippen LogP contribution in [0.5, 0.6) is 0 Å². The maximum Gasteiger partial charge on any atom is 0.121 e. The first-order valence-corrected chi connectivity index (χ1v) is 19.4. The van der Waals surface area contributed by atoms with Gasteiger partial charge in [-0.1, -0.05) is 101 Å². The van der Waals surface area contributed by atoms with Crippen molar-refractivity contribution in [2.24, 2.45) is 11.3 Å². The molecular formula is C40H45IrN3OSi-2. The molecule has 1 radical (unpaired) electrons. The van der Waals surface area contributed by atoms with Crippen LogP contribution in [0.4, 0.5) is 0 Å². The summed E-state index contributed by atoms with van der Waals surface area (Å²) in [6, 6.07) is 23.8. The number of pyridine rings is 3. The molecule has 2 aromatic carbocycles. The molecular weight excluding hydrogens is 759 g/mol. The average Bonchev–Trinajstić information content (AvgIpc) is 3.37. The van der Waals surface area contributed by atoms with Gasteiger partial charge in [0.2, 0.25) is 0 Å². The first-order chi connectivity index (χ1) is 21.3. The second-order valence-corrected chi connectivity index (χ2v) is 19.7. The fourth-order valence-corrected chi connectivity index (χ4v) is 7.30. The Labute approximate surface area is 289 Å². The molecule has 46 heavy (non-hydrogen) atoms. The van der Waals surface area contributed by atoms with Gasteiger partial charge < -0.3 is 19.4 Å². The van der Waals surface area contributed by atoms with Crippen molar-refractivity contribution >= 4 is 35.2 Å². The van der Waals surface area contributed by atoms with Crippen LogP contribution in [0.1, 0.15) is 51.3 Å². The molecule has 0 aliphatic carbocycles. The zero-order valence-corrected chi connectivity index (χ0v) is 32.0. The van der Waals surface area contributed by atoms with Gasteiger partial charge in [-0.2, -0.15) is 0 Å². The van der Waals surface area contributed by atoms with Crippen molar-refractivity contribution in [2.45, 2.75) is 74.0 Å². The molecule has 241 valence electrons. The third-order valence-electron chi connectivity index (χ3n) is 7.83. The Morgan fingerprint density at radius 3 is 2.22 bits per heavy atom. The zero-order valence-electron chi connectivity index (χ0n) is 28.6. The summed E-state index contributed by atoms with van der Waals surface area (Å²) in [5, 5.41) is 3.57. The largest absolute Gasteiger partial charge is 0.500 e. The first-order valence-electron chi connectivity index (χ1n) is 15.9. The summed E-state index contributed by atoms with van der Waals surface area (Å²) < 4.78 is 6.10. The molecule has 0 saturated heterocycles. The molecule has 0 amide bonds. The van der Waals surface area contributed by atoms with Gasteiger partial charge >= 0.3 is 0 Å². The third-order valence-corrected chi connectivity index (χ3v) is 9.90. The van der Waals surface area contributed by atoms with Crippen LogP contribution >= 0.6 is 0 Å². The van der Waals surface area contributed by atoms with Gasteiger partial charge in [-0.05, 0) is 77.1 Å². The van der Waals surface area contributed by atoms with E-state index in [1.807, 2.05) is 48.8 Å². The Morgan fingerprint density at radius 1 is 0.848 bits per heavy atom. The second-order valence-electron chi connectivity index (χ2n) is 14.7. The van der Waals surface area contributed by atoms with E-state index in [1.165, 1.54) is 21.9 Å². The molecule has 0 N–H and O–H groups in total. The van der Waals surface area contributed by atoms with E-state index in [-0.39, 0.29) is 25.5 Å². The van der Waals surface area contributed by atoms with Crippen molar-refractivity contribution in [1.29, 1.82) is 0 Å². The molecule has 0 aliphatic heterocycles. The van der Waals surface area contributed by atoms with Gasteiger partial charge in [0.05, 0.1) is 13.7 Å². The van der Waals surface area contributed by atoms with Gasteiger partial charge in [0, 0.05) is 37.9 Å². The predicted molar refractivity (Wildman–Crippen MR) is 192 cm³/mol. The Morgan fingerprint density at radius 2 is 1.54 bits per heavy atom. The summed E-state index contributed by atoms with van der Waals surface area (Å²) in [5.74, 6) is 0.667. The van der Waals surface area contributed by atoms with Crippen LogP contribution in [0, 0.1) is 30.5 Å². The summed E-state index contributed by atoms with van der Waals surface area (Å²) in [7, 11) is -1.34. The number of aryl methyl sites for hydroxylation is 1. The second kappa shape index (κ2) is 14.5. The van der Waals surface area contributed by atoms with Gasteiger partial charge in [-0.15, -0.1) is 35.9 Å². The quantitative estimate of drug-likeness (QED) is 0.124. The van der Waals surface area contributed by atoms with E-state index >= 15 is 0 Å². The van der Waals surface area contributed by atoms with E-state index in [4.69, 9.17) is 4.42 Å². The van der Waals surface area contributed by atoms with E-state index < -0.39 is 8.07 Å².